The molecule has 0 unspecified atom stereocenters. The number of halogens is 1. The molecule has 0 radical (unpaired) electrons. The number of nitrogens with zero attached hydrogens (tertiary/aromatic N) is 1. The van der Waals surface area contributed by atoms with E-state index < -0.39 is 12.1 Å². The zero-order valence-electron chi connectivity index (χ0n) is 6.86. The van der Waals surface area contributed by atoms with Crippen molar-refractivity contribution in [2.24, 2.45) is 0 Å². The Morgan fingerprint density at radius 3 is 3.08 bits per heavy atom. The molecule has 0 aliphatic heterocycles. The Hall–Kier alpha value is -0.460. The first-order chi connectivity index (χ1) is 6.13. The molecule has 0 amide bonds. The summed E-state index contributed by atoms with van der Waals surface area (Å²) >= 11 is 4.52. The predicted octanol–water partition coefficient (Wildman–Crippen LogP) is 1.50. The van der Waals surface area contributed by atoms with Gasteiger partial charge >= 0.3 is 5.97 Å². The van der Waals surface area contributed by atoms with Crippen LogP contribution in [0.4, 0.5) is 0 Å². The monoisotopic (exact) mass is 265 g/mol. The van der Waals surface area contributed by atoms with Gasteiger partial charge in [-0.3, -0.25) is 4.79 Å². The number of esters is 1. The maximum atomic E-state index is 10.8. The van der Waals surface area contributed by atoms with Crippen LogP contribution in [0.1, 0.15) is 18.2 Å². The van der Waals surface area contributed by atoms with Crippen LogP contribution in [0.5, 0.6) is 0 Å². The van der Waals surface area contributed by atoms with E-state index in [9.17, 15) is 9.90 Å². The quantitative estimate of drug-likeness (QED) is 0.842. The molecule has 0 bridgehead atoms. The number of rotatable bonds is 3. The van der Waals surface area contributed by atoms with Gasteiger partial charge in [0, 0.05) is 5.38 Å². The van der Waals surface area contributed by atoms with Crippen molar-refractivity contribution in [2.45, 2.75) is 12.5 Å². The number of carbonyl (C=O) groups is 1. The van der Waals surface area contributed by atoms with Crippen molar-refractivity contribution in [3.63, 3.8) is 0 Å². The first-order valence-corrected chi connectivity index (χ1v) is 5.16. The molecule has 0 spiro atoms. The van der Waals surface area contributed by atoms with Gasteiger partial charge in [-0.25, -0.2) is 4.98 Å². The number of methoxy groups -OCH3 is 1. The van der Waals surface area contributed by atoms with Gasteiger partial charge in [0.1, 0.15) is 6.10 Å². The van der Waals surface area contributed by atoms with Crippen LogP contribution in [0.3, 0.4) is 0 Å². The van der Waals surface area contributed by atoms with E-state index in [1.54, 1.807) is 5.38 Å². The first-order valence-electron chi connectivity index (χ1n) is 3.49. The maximum Gasteiger partial charge on any atom is 0.308 e. The molecule has 4 nitrogen and oxygen atoms in total. The highest BCUT2D eigenvalue weighted by Crippen LogP contribution is 2.22. The van der Waals surface area contributed by atoms with Crippen molar-refractivity contribution in [1.29, 1.82) is 0 Å². The molecular formula is C7H8BrNO3S. The number of aromatic nitrogens is 1. The molecule has 0 aliphatic rings. The fourth-order valence-electron chi connectivity index (χ4n) is 0.762. The van der Waals surface area contributed by atoms with Crippen LogP contribution in [-0.4, -0.2) is 23.2 Å². The SMILES string of the molecule is COC(=O)C[C@H](O)c1csc(Br)n1. The van der Waals surface area contributed by atoms with Gasteiger partial charge in [0.05, 0.1) is 19.2 Å². The van der Waals surface area contributed by atoms with Crippen LogP contribution in [0.2, 0.25) is 0 Å². The standard InChI is InChI=1S/C7H8BrNO3S/c1-12-6(11)2-5(10)4-3-13-7(8)9-4/h3,5,10H,2H2,1H3/t5-/m0/s1. The minimum absolute atomic E-state index is 0.0628. The molecule has 72 valence electrons. The summed E-state index contributed by atoms with van der Waals surface area (Å²) in [4.78, 5) is 14.8. The molecule has 0 aromatic carbocycles. The lowest BCUT2D eigenvalue weighted by atomic mass is 10.2. The summed E-state index contributed by atoms with van der Waals surface area (Å²) in [6.07, 6.45) is -0.942. The molecule has 1 heterocycles. The van der Waals surface area contributed by atoms with Crippen molar-refractivity contribution in [1.82, 2.24) is 4.98 Å². The number of aliphatic hydroxyl groups excluding tert-OH is 1. The molecule has 6 heteroatoms. The van der Waals surface area contributed by atoms with Crippen LogP contribution < -0.4 is 0 Å². The molecule has 1 atom stereocenters. The number of aliphatic hydroxyl groups is 1. The number of thiazole rings is 1. The minimum Gasteiger partial charge on any atom is -0.469 e. The number of carbonyl (C=O) groups excluding carboxylic acids is 1. The minimum atomic E-state index is -0.880. The average molecular weight is 266 g/mol. The van der Waals surface area contributed by atoms with Crippen LogP contribution in [0, 0.1) is 0 Å². The smallest absolute Gasteiger partial charge is 0.308 e. The van der Waals surface area contributed by atoms with Crippen molar-refractivity contribution in [3.05, 3.63) is 15.0 Å². The molecule has 1 aromatic rings. The van der Waals surface area contributed by atoms with Gasteiger partial charge < -0.3 is 9.84 Å². The van der Waals surface area contributed by atoms with E-state index in [1.807, 2.05) is 0 Å². The summed E-state index contributed by atoms with van der Waals surface area (Å²) in [6.45, 7) is 0. The van der Waals surface area contributed by atoms with Crippen molar-refractivity contribution in [3.8, 4) is 0 Å². The summed E-state index contributed by atoms with van der Waals surface area (Å²) in [7, 11) is 1.28. The Kier molecular flexibility index (Phi) is 3.83. The highest BCUT2D eigenvalue weighted by Gasteiger charge is 2.15. The zero-order chi connectivity index (χ0) is 9.84. The summed E-state index contributed by atoms with van der Waals surface area (Å²) in [5.41, 5.74) is 0.488. The highest BCUT2D eigenvalue weighted by atomic mass is 79.9. The molecular weight excluding hydrogens is 258 g/mol. The average Bonchev–Trinajstić information content (AvgIpc) is 2.51. The highest BCUT2D eigenvalue weighted by molar-refractivity contribution is 9.11. The van der Waals surface area contributed by atoms with Gasteiger partial charge in [-0.15, -0.1) is 11.3 Å². The van der Waals surface area contributed by atoms with Gasteiger partial charge in [0.2, 0.25) is 0 Å². The van der Waals surface area contributed by atoms with Crippen molar-refractivity contribution >= 4 is 33.2 Å². The van der Waals surface area contributed by atoms with Gasteiger partial charge in [-0.1, -0.05) is 0 Å². The Labute approximate surface area is 87.7 Å². The molecule has 1 aromatic heterocycles. The van der Waals surface area contributed by atoms with Crippen LogP contribution >= 0.6 is 27.3 Å². The second-order valence-corrected chi connectivity index (χ2v) is 4.46. The Bertz CT molecular complexity index is 302. The summed E-state index contributed by atoms with van der Waals surface area (Å²) in [6, 6.07) is 0. The maximum absolute atomic E-state index is 10.8. The van der Waals surface area contributed by atoms with E-state index in [-0.39, 0.29) is 6.42 Å². The van der Waals surface area contributed by atoms with Crippen molar-refractivity contribution in [2.75, 3.05) is 7.11 Å². The fourth-order valence-corrected chi connectivity index (χ4v) is 1.83. The van der Waals surface area contributed by atoms with Gasteiger partial charge in [0.25, 0.3) is 0 Å². The third kappa shape index (κ3) is 3.06. The van der Waals surface area contributed by atoms with Gasteiger partial charge in [-0.2, -0.15) is 0 Å². The third-order valence-electron chi connectivity index (χ3n) is 1.42. The Morgan fingerprint density at radius 2 is 2.62 bits per heavy atom. The lowest BCUT2D eigenvalue weighted by molar-refractivity contribution is -0.142. The van der Waals surface area contributed by atoms with Gasteiger partial charge in [0.15, 0.2) is 3.92 Å². The topological polar surface area (TPSA) is 59.4 Å². The second kappa shape index (κ2) is 4.69. The Balaban J connectivity index is 2.58. The molecule has 0 fully saturated rings. The summed E-state index contributed by atoms with van der Waals surface area (Å²) in [5.74, 6) is -0.448. The number of ether oxygens (including phenoxy) is 1. The lowest BCUT2D eigenvalue weighted by Gasteiger charge is -2.04. The van der Waals surface area contributed by atoms with Gasteiger partial charge in [-0.05, 0) is 15.9 Å². The summed E-state index contributed by atoms with van der Waals surface area (Å²) in [5, 5.41) is 11.2. The number of hydrogen-bond donors (Lipinski definition) is 1. The van der Waals surface area contributed by atoms with Crippen molar-refractivity contribution < 1.29 is 14.6 Å². The molecule has 0 saturated carbocycles. The largest absolute Gasteiger partial charge is 0.469 e. The molecule has 1 rings (SSSR count). The lowest BCUT2D eigenvalue weighted by Crippen LogP contribution is -2.08. The third-order valence-corrected chi connectivity index (χ3v) is 2.81. The zero-order valence-corrected chi connectivity index (χ0v) is 9.26. The first kappa shape index (κ1) is 10.6. The van der Waals surface area contributed by atoms with E-state index in [2.05, 4.69) is 25.7 Å². The van der Waals surface area contributed by atoms with E-state index in [0.29, 0.717) is 9.61 Å². The van der Waals surface area contributed by atoms with E-state index >= 15 is 0 Å². The number of hydrogen-bond acceptors (Lipinski definition) is 5. The fraction of sp³-hybridized carbons (Fsp3) is 0.429. The molecule has 0 saturated heterocycles. The molecule has 0 aliphatic carbocycles. The van der Waals surface area contributed by atoms with Crippen LogP contribution in [-0.2, 0) is 9.53 Å². The Morgan fingerprint density at radius 1 is 1.92 bits per heavy atom. The molecule has 13 heavy (non-hydrogen) atoms. The normalized spacial score (nSPS) is 12.5. The molecule has 1 N–H and O–H groups in total. The predicted molar refractivity (Wildman–Crippen MR) is 51.4 cm³/mol. The van der Waals surface area contributed by atoms with Crippen LogP contribution in [0.15, 0.2) is 9.30 Å². The second-order valence-electron chi connectivity index (χ2n) is 2.32. The van der Waals surface area contributed by atoms with E-state index in [0.717, 1.165) is 0 Å². The van der Waals surface area contributed by atoms with E-state index in [1.165, 1.54) is 18.4 Å². The summed E-state index contributed by atoms with van der Waals surface area (Å²) < 4.78 is 5.10. The van der Waals surface area contributed by atoms with Crippen LogP contribution in [0.25, 0.3) is 0 Å². The van der Waals surface area contributed by atoms with E-state index in [4.69, 9.17) is 0 Å².